The molecule has 3 heteroatoms. The second-order valence-corrected chi connectivity index (χ2v) is 5.76. The molecule has 1 aliphatic rings. The largest absolute Gasteiger partial charge is 0.495 e. The molecule has 1 heterocycles. The van der Waals surface area contributed by atoms with Gasteiger partial charge in [-0.1, -0.05) is 6.42 Å². The summed E-state index contributed by atoms with van der Waals surface area (Å²) in [6.45, 7) is 2.11. The van der Waals surface area contributed by atoms with Gasteiger partial charge >= 0.3 is 0 Å². The minimum atomic E-state index is 0.372. The summed E-state index contributed by atoms with van der Waals surface area (Å²) >= 11 is 0. The third-order valence-electron chi connectivity index (χ3n) is 4.40. The predicted octanol–water partition coefficient (Wildman–Crippen LogP) is 3.15. The third-order valence-corrected chi connectivity index (χ3v) is 4.40. The van der Waals surface area contributed by atoms with E-state index in [1.54, 1.807) is 7.11 Å². The van der Waals surface area contributed by atoms with Crippen molar-refractivity contribution in [3.8, 4) is 5.75 Å². The number of H-pyrrole nitrogens is 1. The first-order valence-corrected chi connectivity index (χ1v) is 7.09. The van der Waals surface area contributed by atoms with Crippen LogP contribution in [0.3, 0.4) is 0 Å². The van der Waals surface area contributed by atoms with Crippen molar-refractivity contribution in [3.63, 3.8) is 0 Å². The minimum absolute atomic E-state index is 0.372. The van der Waals surface area contributed by atoms with Crippen molar-refractivity contribution >= 4 is 10.9 Å². The highest BCUT2D eigenvalue weighted by Crippen LogP contribution is 2.33. The summed E-state index contributed by atoms with van der Waals surface area (Å²) < 4.78 is 5.46. The van der Waals surface area contributed by atoms with E-state index in [0.717, 1.165) is 17.7 Å². The summed E-state index contributed by atoms with van der Waals surface area (Å²) in [4.78, 5) is 3.36. The SMILES string of the molecule is COc1cc(C)cc2c(CC3CCCC3N)c[nH]c12. The Kier molecular flexibility index (Phi) is 3.23. The van der Waals surface area contributed by atoms with Crippen LogP contribution in [0.5, 0.6) is 5.75 Å². The van der Waals surface area contributed by atoms with Gasteiger partial charge in [0.25, 0.3) is 0 Å². The standard InChI is InChI=1S/C16H22N2O/c1-10-6-13-12(8-11-4-3-5-14(11)17)9-18-16(13)15(7-10)19-2/h6-7,9,11,14,18H,3-5,8,17H2,1-2H3. The lowest BCUT2D eigenvalue weighted by atomic mass is 9.94. The van der Waals surface area contributed by atoms with Crippen LogP contribution in [0.25, 0.3) is 10.9 Å². The van der Waals surface area contributed by atoms with Gasteiger partial charge in [-0.25, -0.2) is 0 Å². The molecule has 0 radical (unpaired) electrons. The first-order chi connectivity index (χ1) is 9.19. The lowest BCUT2D eigenvalue weighted by molar-refractivity contribution is 0.418. The molecule has 1 aromatic carbocycles. The Morgan fingerprint density at radius 1 is 1.37 bits per heavy atom. The number of fused-ring (bicyclic) bond motifs is 1. The fourth-order valence-corrected chi connectivity index (χ4v) is 3.32. The molecule has 3 rings (SSSR count). The van der Waals surface area contributed by atoms with Crippen molar-refractivity contribution in [2.75, 3.05) is 7.11 Å². The zero-order valence-electron chi connectivity index (χ0n) is 11.7. The molecule has 3 nitrogen and oxygen atoms in total. The van der Waals surface area contributed by atoms with E-state index in [1.807, 2.05) is 0 Å². The van der Waals surface area contributed by atoms with E-state index < -0.39 is 0 Å². The van der Waals surface area contributed by atoms with Crippen LogP contribution in [0.1, 0.15) is 30.4 Å². The summed E-state index contributed by atoms with van der Waals surface area (Å²) in [6, 6.07) is 4.69. The van der Waals surface area contributed by atoms with Gasteiger partial charge in [0.05, 0.1) is 12.6 Å². The number of ether oxygens (including phenoxy) is 1. The second kappa shape index (κ2) is 4.89. The summed E-state index contributed by atoms with van der Waals surface area (Å²) in [5.74, 6) is 1.56. The molecule has 0 bridgehead atoms. The van der Waals surface area contributed by atoms with Gasteiger partial charge in [-0.15, -0.1) is 0 Å². The van der Waals surface area contributed by atoms with Crippen molar-refractivity contribution in [1.29, 1.82) is 0 Å². The van der Waals surface area contributed by atoms with Gasteiger partial charge in [-0.05, 0) is 55.4 Å². The minimum Gasteiger partial charge on any atom is -0.495 e. The van der Waals surface area contributed by atoms with Crippen LogP contribution in [0.4, 0.5) is 0 Å². The summed E-state index contributed by atoms with van der Waals surface area (Å²) in [7, 11) is 1.72. The fourth-order valence-electron chi connectivity index (χ4n) is 3.32. The third kappa shape index (κ3) is 2.23. The highest BCUT2D eigenvalue weighted by atomic mass is 16.5. The Balaban J connectivity index is 1.98. The van der Waals surface area contributed by atoms with Crippen molar-refractivity contribution < 1.29 is 4.74 Å². The zero-order valence-corrected chi connectivity index (χ0v) is 11.7. The van der Waals surface area contributed by atoms with Crippen molar-refractivity contribution in [1.82, 2.24) is 4.98 Å². The summed E-state index contributed by atoms with van der Waals surface area (Å²) in [6.07, 6.45) is 6.91. The number of rotatable bonds is 3. The number of aryl methyl sites for hydroxylation is 1. The normalized spacial score (nSPS) is 23.1. The molecule has 1 aromatic heterocycles. The highest BCUT2D eigenvalue weighted by Gasteiger charge is 2.25. The van der Waals surface area contributed by atoms with Crippen LogP contribution in [0.2, 0.25) is 0 Å². The monoisotopic (exact) mass is 258 g/mol. The molecule has 2 aromatic rings. The molecule has 0 aliphatic heterocycles. The Hall–Kier alpha value is -1.48. The maximum atomic E-state index is 6.19. The molecule has 3 N–H and O–H groups in total. The van der Waals surface area contributed by atoms with E-state index in [1.165, 1.54) is 35.8 Å². The van der Waals surface area contributed by atoms with E-state index in [2.05, 4.69) is 30.2 Å². The average Bonchev–Trinajstić information content (AvgIpc) is 2.97. The van der Waals surface area contributed by atoms with E-state index in [0.29, 0.717) is 12.0 Å². The van der Waals surface area contributed by atoms with Crippen LogP contribution in [-0.2, 0) is 6.42 Å². The van der Waals surface area contributed by atoms with Gasteiger partial charge in [-0.2, -0.15) is 0 Å². The van der Waals surface area contributed by atoms with Crippen molar-refractivity contribution in [3.05, 3.63) is 29.5 Å². The van der Waals surface area contributed by atoms with Crippen LogP contribution in [-0.4, -0.2) is 18.1 Å². The number of aromatic amines is 1. The summed E-state index contributed by atoms with van der Waals surface area (Å²) in [5.41, 5.74) is 9.91. The Bertz CT molecular complexity index is 588. The fraction of sp³-hybridized carbons (Fsp3) is 0.500. The molecule has 0 spiro atoms. The highest BCUT2D eigenvalue weighted by molar-refractivity contribution is 5.89. The maximum Gasteiger partial charge on any atom is 0.143 e. The Morgan fingerprint density at radius 3 is 2.89 bits per heavy atom. The molecule has 102 valence electrons. The Morgan fingerprint density at radius 2 is 2.21 bits per heavy atom. The van der Waals surface area contributed by atoms with E-state index in [-0.39, 0.29) is 0 Å². The topological polar surface area (TPSA) is 51.0 Å². The van der Waals surface area contributed by atoms with Gasteiger partial charge in [0.15, 0.2) is 0 Å². The molecular weight excluding hydrogens is 236 g/mol. The first-order valence-electron chi connectivity index (χ1n) is 7.09. The van der Waals surface area contributed by atoms with Gasteiger partial charge in [-0.3, -0.25) is 0 Å². The molecule has 2 atom stereocenters. The van der Waals surface area contributed by atoms with Crippen LogP contribution in [0.15, 0.2) is 18.3 Å². The molecule has 1 aliphatic carbocycles. The van der Waals surface area contributed by atoms with Crippen molar-refractivity contribution in [2.45, 2.75) is 38.6 Å². The lowest BCUT2D eigenvalue weighted by Crippen LogP contribution is -2.25. The van der Waals surface area contributed by atoms with Gasteiger partial charge in [0.1, 0.15) is 5.75 Å². The van der Waals surface area contributed by atoms with Crippen LogP contribution in [0, 0.1) is 12.8 Å². The molecule has 1 saturated carbocycles. The van der Waals surface area contributed by atoms with E-state index >= 15 is 0 Å². The molecule has 1 fully saturated rings. The van der Waals surface area contributed by atoms with Crippen LogP contribution < -0.4 is 10.5 Å². The molecule has 0 saturated heterocycles. The number of nitrogens with two attached hydrogens (primary N) is 1. The molecule has 0 amide bonds. The van der Waals surface area contributed by atoms with E-state index in [9.17, 15) is 0 Å². The molecule has 19 heavy (non-hydrogen) atoms. The molecular formula is C16H22N2O. The number of aromatic nitrogens is 1. The predicted molar refractivity (Wildman–Crippen MR) is 78.6 cm³/mol. The van der Waals surface area contributed by atoms with Crippen molar-refractivity contribution in [2.24, 2.45) is 11.7 Å². The number of hydrogen-bond donors (Lipinski definition) is 2. The first kappa shape index (κ1) is 12.5. The quantitative estimate of drug-likeness (QED) is 0.888. The molecule has 2 unspecified atom stereocenters. The lowest BCUT2D eigenvalue weighted by Gasteiger charge is -2.14. The zero-order chi connectivity index (χ0) is 13.4. The number of hydrogen-bond acceptors (Lipinski definition) is 2. The van der Waals surface area contributed by atoms with Gasteiger partial charge in [0, 0.05) is 17.6 Å². The number of nitrogens with one attached hydrogen (secondary N) is 1. The maximum absolute atomic E-state index is 6.19. The second-order valence-electron chi connectivity index (χ2n) is 5.76. The smallest absolute Gasteiger partial charge is 0.143 e. The van der Waals surface area contributed by atoms with Gasteiger partial charge < -0.3 is 15.5 Å². The van der Waals surface area contributed by atoms with E-state index in [4.69, 9.17) is 10.5 Å². The number of benzene rings is 1. The number of methoxy groups -OCH3 is 1. The van der Waals surface area contributed by atoms with Crippen LogP contribution >= 0.6 is 0 Å². The summed E-state index contributed by atoms with van der Waals surface area (Å²) in [5, 5.41) is 1.29. The van der Waals surface area contributed by atoms with Gasteiger partial charge in [0.2, 0.25) is 0 Å². The average molecular weight is 258 g/mol. The Labute approximate surface area is 114 Å².